The molecule has 0 radical (unpaired) electrons. The highest BCUT2D eigenvalue weighted by molar-refractivity contribution is 7.89. The van der Waals surface area contributed by atoms with Gasteiger partial charge in [-0.05, 0) is 38.0 Å². The fourth-order valence-electron chi connectivity index (χ4n) is 5.15. The summed E-state index contributed by atoms with van der Waals surface area (Å²) in [4.78, 5) is 13.1. The van der Waals surface area contributed by atoms with Crippen molar-refractivity contribution in [1.82, 2.24) is 9.62 Å². The van der Waals surface area contributed by atoms with Gasteiger partial charge < -0.3 is 5.32 Å². The molecule has 1 aliphatic heterocycles. The molecule has 2 saturated carbocycles. The van der Waals surface area contributed by atoms with E-state index in [1.54, 1.807) is 4.31 Å². The average Bonchev–Trinajstić information content (AvgIpc) is 2.60. The summed E-state index contributed by atoms with van der Waals surface area (Å²) in [6, 6.07) is -0.138. The summed E-state index contributed by atoms with van der Waals surface area (Å²) >= 11 is 0. The molecule has 0 aromatic heterocycles. The van der Waals surface area contributed by atoms with Gasteiger partial charge >= 0.3 is 0 Å². The van der Waals surface area contributed by atoms with Crippen LogP contribution in [0.15, 0.2) is 0 Å². The lowest BCUT2D eigenvalue weighted by molar-refractivity contribution is -0.137. The number of rotatable bonds is 4. The van der Waals surface area contributed by atoms with Crippen LogP contribution >= 0.6 is 0 Å². The molecule has 1 amide bonds. The first-order valence-corrected chi connectivity index (χ1v) is 11.4. The molecule has 1 N–H and O–H groups in total. The molecule has 5 nitrogen and oxygen atoms in total. The van der Waals surface area contributed by atoms with Gasteiger partial charge in [0.1, 0.15) is 0 Å². The van der Waals surface area contributed by atoms with Gasteiger partial charge in [-0.15, -0.1) is 0 Å². The van der Waals surface area contributed by atoms with Crippen LogP contribution in [0.4, 0.5) is 0 Å². The minimum Gasteiger partial charge on any atom is -0.355 e. The van der Waals surface area contributed by atoms with Crippen LogP contribution in [-0.4, -0.2) is 43.5 Å². The number of sulfonamides is 1. The van der Waals surface area contributed by atoms with Crippen LogP contribution in [0.1, 0.15) is 71.1 Å². The highest BCUT2D eigenvalue weighted by Gasteiger charge is 2.54. The number of carbonyl (C=O) groups is 1. The van der Waals surface area contributed by atoms with Crippen molar-refractivity contribution in [3.63, 3.8) is 0 Å². The van der Waals surface area contributed by atoms with Crippen molar-refractivity contribution in [2.45, 2.75) is 77.2 Å². The monoisotopic (exact) mass is 356 g/mol. The van der Waals surface area contributed by atoms with Crippen molar-refractivity contribution < 1.29 is 13.2 Å². The van der Waals surface area contributed by atoms with Gasteiger partial charge in [0.2, 0.25) is 15.9 Å². The Morgan fingerprint density at radius 2 is 1.79 bits per heavy atom. The topological polar surface area (TPSA) is 66.5 Å². The van der Waals surface area contributed by atoms with E-state index in [1.165, 1.54) is 32.1 Å². The van der Waals surface area contributed by atoms with E-state index in [0.717, 1.165) is 32.2 Å². The van der Waals surface area contributed by atoms with Crippen molar-refractivity contribution in [2.75, 3.05) is 18.8 Å². The maximum Gasteiger partial charge on any atom is 0.227 e. The van der Waals surface area contributed by atoms with Gasteiger partial charge in [-0.25, -0.2) is 8.42 Å². The summed E-state index contributed by atoms with van der Waals surface area (Å²) in [6.45, 7) is 3.14. The Morgan fingerprint density at radius 1 is 1.08 bits per heavy atom. The van der Waals surface area contributed by atoms with Crippen molar-refractivity contribution in [2.24, 2.45) is 11.3 Å². The number of nitrogens with zero attached hydrogens (tertiary/aromatic N) is 1. The number of nitrogens with one attached hydrogen (secondary N) is 1. The molecule has 138 valence electrons. The summed E-state index contributed by atoms with van der Waals surface area (Å²) < 4.78 is 26.5. The zero-order chi connectivity index (χ0) is 17.2. The quantitative estimate of drug-likeness (QED) is 0.842. The van der Waals surface area contributed by atoms with E-state index < -0.39 is 15.4 Å². The maximum absolute atomic E-state index is 13.1. The molecule has 2 atom stereocenters. The van der Waals surface area contributed by atoms with Gasteiger partial charge in [0.15, 0.2) is 0 Å². The standard InChI is InChI=1S/C18H32N2O3S/c1-2-20-16-10-6-7-11-18(16,12-13-24(20,22)23)17(21)19-14-15-8-4-3-5-9-15/h15-16H,2-14H2,1H3,(H,19,21)/t16-,18-/m1/s1. The van der Waals surface area contributed by atoms with E-state index in [4.69, 9.17) is 0 Å². The van der Waals surface area contributed by atoms with Crippen LogP contribution in [0, 0.1) is 11.3 Å². The molecule has 0 aromatic carbocycles. The van der Waals surface area contributed by atoms with Crippen LogP contribution in [0.25, 0.3) is 0 Å². The molecule has 3 aliphatic rings. The molecule has 24 heavy (non-hydrogen) atoms. The van der Waals surface area contributed by atoms with E-state index in [0.29, 0.717) is 18.9 Å². The highest BCUT2D eigenvalue weighted by atomic mass is 32.2. The van der Waals surface area contributed by atoms with Gasteiger partial charge in [-0.1, -0.05) is 39.0 Å². The first-order chi connectivity index (χ1) is 11.5. The summed E-state index contributed by atoms with van der Waals surface area (Å²) in [5, 5.41) is 3.22. The lowest BCUT2D eigenvalue weighted by Gasteiger charge is -2.50. The van der Waals surface area contributed by atoms with Crippen molar-refractivity contribution >= 4 is 15.9 Å². The third-order valence-electron chi connectivity index (χ3n) is 6.54. The van der Waals surface area contributed by atoms with E-state index in [2.05, 4.69) is 5.32 Å². The second kappa shape index (κ2) is 7.32. The molecule has 2 aliphatic carbocycles. The van der Waals surface area contributed by atoms with E-state index in [9.17, 15) is 13.2 Å². The minimum absolute atomic E-state index is 0.117. The molecule has 3 fully saturated rings. The zero-order valence-electron chi connectivity index (χ0n) is 14.9. The van der Waals surface area contributed by atoms with Gasteiger partial charge in [-0.3, -0.25) is 4.79 Å². The van der Waals surface area contributed by atoms with Crippen LogP contribution in [0.3, 0.4) is 0 Å². The number of hydrogen-bond acceptors (Lipinski definition) is 3. The first kappa shape index (κ1) is 18.2. The Morgan fingerprint density at radius 3 is 2.50 bits per heavy atom. The molecule has 1 heterocycles. The largest absolute Gasteiger partial charge is 0.355 e. The SMILES string of the molecule is CCN1[C@@H]2CCCC[C@@]2(C(=O)NCC2CCCCC2)CCS1(=O)=O. The fourth-order valence-corrected chi connectivity index (χ4v) is 7.10. The Bertz CT molecular complexity index is 557. The zero-order valence-corrected chi connectivity index (χ0v) is 15.7. The second-order valence-electron chi connectivity index (χ2n) is 7.90. The highest BCUT2D eigenvalue weighted by Crippen LogP contribution is 2.46. The van der Waals surface area contributed by atoms with Crippen molar-refractivity contribution in [1.29, 1.82) is 0 Å². The van der Waals surface area contributed by atoms with E-state index in [1.807, 2.05) is 6.92 Å². The number of amides is 1. The van der Waals surface area contributed by atoms with Gasteiger partial charge in [-0.2, -0.15) is 4.31 Å². The Labute approximate surface area is 146 Å². The van der Waals surface area contributed by atoms with Crippen LogP contribution < -0.4 is 5.32 Å². The molecule has 1 saturated heterocycles. The second-order valence-corrected chi connectivity index (χ2v) is 9.94. The molecule has 0 unspecified atom stereocenters. The van der Waals surface area contributed by atoms with Crippen molar-refractivity contribution in [3.05, 3.63) is 0 Å². The minimum atomic E-state index is -3.20. The third kappa shape index (κ3) is 3.36. The smallest absolute Gasteiger partial charge is 0.227 e. The Kier molecular flexibility index (Phi) is 5.55. The molecule has 0 spiro atoms. The number of hydrogen-bond donors (Lipinski definition) is 1. The molecule has 6 heteroatoms. The Balaban J connectivity index is 1.73. The summed E-state index contributed by atoms with van der Waals surface area (Å²) in [5.74, 6) is 0.843. The Hall–Kier alpha value is -0.620. The van der Waals surface area contributed by atoms with Gasteiger partial charge in [0, 0.05) is 19.1 Å². The molecular formula is C18H32N2O3S. The van der Waals surface area contributed by atoms with Crippen LogP contribution in [-0.2, 0) is 14.8 Å². The molecule has 0 aromatic rings. The van der Waals surface area contributed by atoms with Crippen LogP contribution in [0.2, 0.25) is 0 Å². The molecular weight excluding hydrogens is 324 g/mol. The van der Waals surface area contributed by atoms with Gasteiger partial charge in [0.25, 0.3) is 0 Å². The maximum atomic E-state index is 13.1. The fraction of sp³-hybridized carbons (Fsp3) is 0.944. The summed E-state index contributed by atoms with van der Waals surface area (Å²) in [6.07, 6.45) is 10.5. The predicted molar refractivity (Wildman–Crippen MR) is 95.1 cm³/mol. The van der Waals surface area contributed by atoms with E-state index in [-0.39, 0.29) is 17.7 Å². The summed E-state index contributed by atoms with van der Waals surface area (Å²) in [5.41, 5.74) is -0.492. The number of fused-ring (bicyclic) bond motifs is 1. The van der Waals surface area contributed by atoms with Gasteiger partial charge in [0.05, 0.1) is 11.2 Å². The lowest BCUT2D eigenvalue weighted by atomic mass is 9.67. The summed E-state index contributed by atoms with van der Waals surface area (Å²) in [7, 11) is -3.20. The number of carbonyl (C=O) groups excluding carboxylic acids is 1. The molecule has 3 rings (SSSR count). The third-order valence-corrected chi connectivity index (χ3v) is 8.49. The predicted octanol–water partition coefficient (Wildman–Crippen LogP) is 2.67. The lowest BCUT2D eigenvalue weighted by Crippen LogP contribution is -2.62. The van der Waals surface area contributed by atoms with Crippen molar-refractivity contribution in [3.8, 4) is 0 Å². The van der Waals surface area contributed by atoms with Crippen LogP contribution in [0.5, 0.6) is 0 Å². The average molecular weight is 357 g/mol. The first-order valence-electron chi connectivity index (χ1n) is 9.77. The molecule has 0 bridgehead atoms. The normalized spacial score (nSPS) is 34.5. The van der Waals surface area contributed by atoms with E-state index >= 15 is 0 Å².